The molecule has 4 nitrogen and oxygen atoms in total. The summed E-state index contributed by atoms with van der Waals surface area (Å²) in [6.07, 6.45) is 2.99. The van der Waals surface area contributed by atoms with Gasteiger partial charge in [0.05, 0.1) is 13.2 Å². The van der Waals surface area contributed by atoms with E-state index in [4.69, 9.17) is 4.74 Å². The summed E-state index contributed by atoms with van der Waals surface area (Å²) < 4.78 is 32.8. The van der Waals surface area contributed by atoms with Gasteiger partial charge >= 0.3 is 0 Å². The second-order valence-corrected chi connectivity index (χ2v) is 5.14. The smallest absolute Gasteiger partial charge is 0.218 e. The lowest BCUT2D eigenvalue weighted by molar-refractivity contribution is -0.822. The van der Waals surface area contributed by atoms with E-state index in [1.807, 2.05) is 14.0 Å². The lowest BCUT2D eigenvalue weighted by Gasteiger charge is -2.23. The zero-order valence-corrected chi connectivity index (χ0v) is 10.7. The highest BCUT2D eigenvalue weighted by molar-refractivity contribution is 5.70. The van der Waals surface area contributed by atoms with Crippen molar-refractivity contribution in [2.75, 3.05) is 13.6 Å². The summed E-state index contributed by atoms with van der Waals surface area (Å²) >= 11 is 0. The molecule has 3 atom stereocenters. The molecule has 100 valence electrons. The summed E-state index contributed by atoms with van der Waals surface area (Å²) in [6, 6.07) is 3.57. The molecule has 0 bridgehead atoms. The van der Waals surface area contributed by atoms with E-state index >= 15 is 0 Å². The van der Waals surface area contributed by atoms with E-state index in [9.17, 15) is 8.78 Å². The molecule has 0 radical (unpaired) electrons. The molecule has 0 aliphatic carbocycles. The third-order valence-electron chi connectivity index (χ3n) is 3.63. The number of quaternary nitrogens is 1. The number of hydrogen-bond donors (Lipinski definition) is 0. The van der Waals surface area contributed by atoms with Crippen LogP contribution in [0.5, 0.6) is 0 Å². The maximum Gasteiger partial charge on any atom is 0.218 e. The SMILES string of the molecule is CC1OC1(C[N+]1(C)C=NC=N1)c1ccc(F)cc1F. The minimum Gasteiger partial charge on any atom is -0.355 e. The van der Waals surface area contributed by atoms with Gasteiger partial charge < -0.3 is 4.74 Å². The minimum absolute atomic E-state index is 0.133. The van der Waals surface area contributed by atoms with E-state index in [0.29, 0.717) is 12.1 Å². The fourth-order valence-corrected chi connectivity index (χ4v) is 2.56. The van der Waals surface area contributed by atoms with Crippen LogP contribution in [0, 0.1) is 11.6 Å². The maximum absolute atomic E-state index is 14.0. The summed E-state index contributed by atoms with van der Waals surface area (Å²) in [5.74, 6) is -1.18. The van der Waals surface area contributed by atoms with Gasteiger partial charge in [-0.1, -0.05) is 5.10 Å². The number of hydrogen-bond acceptors (Lipinski definition) is 3. The Kier molecular flexibility index (Phi) is 2.55. The normalized spacial score (nSPS) is 35.9. The van der Waals surface area contributed by atoms with Crippen molar-refractivity contribution in [3.63, 3.8) is 0 Å². The van der Waals surface area contributed by atoms with Crippen LogP contribution in [-0.4, -0.2) is 37.0 Å². The van der Waals surface area contributed by atoms with Crippen molar-refractivity contribution in [2.45, 2.75) is 18.6 Å². The first-order valence-corrected chi connectivity index (χ1v) is 6.02. The molecule has 0 aromatic heterocycles. The topological polar surface area (TPSA) is 37.2 Å². The first-order valence-electron chi connectivity index (χ1n) is 6.02. The lowest BCUT2D eigenvalue weighted by atomic mass is 9.94. The molecule has 3 rings (SSSR count). The van der Waals surface area contributed by atoms with E-state index < -0.39 is 17.2 Å². The van der Waals surface area contributed by atoms with Crippen LogP contribution in [-0.2, 0) is 10.3 Å². The predicted octanol–water partition coefficient (Wildman–Crippen LogP) is 2.01. The lowest BCUT2D eigenvalue weighted by Crippen LogP contribution is -2.43. The summed E-state index contributed by atoms with van der Waals surface area (Å²) in [7, 11) is 1.85. The van der Waals surface area contributed by atoms with Crippen LogP contribution in [0.4, 0.5) is 8.78 Å². The minimum atomic E-state index is -0.764. The molecular formula is C13H14F2N3O+. The van der Waals surface area contributed by atoms with Crippen LogP contribution in [0.3, 0.4) is 0 Å². The van der Waals surface area contributed by atoms with Gasteiger partial charge in [0.15, 0.2) is 11.9 Å². The van der Waals surface area contributed by atoms with Crippen LogP contribution in [0.1, 0.15) is 12.5 Å². The first kappa shape index (κ1) is 12.4. The molecule has 0 amide bonds. The van der Waals surface area contributed by atoms with Crippen molar-refractivity contribution in [2.24, 2.45) is 10.1 Å². The molecule has 3 unspecified atom stereocenters. The number of benzene rings is 1. The number of nitrogens with zero attached hydrogens (tertiary/aromatic N) is 3. The van der Waals surface area contributed by atoms with Crippen molar-refractivity contribution in [1.82, 2.24) is 0 Å². The highest BCUT2D eigenvalue weighted by Gasteiger charge is 2.61. The average molecular weight is 266 g/mol. The van der Waals surface area contributed by atoms with Crippen LogP contribution < -0.4 is 0 Å². The van der Waals surface area contributed by atoms with E-state index in [1.165, 1.54) is 18.5 Å². The van der Waals surface area contributed by atoms with Crippen LogP contribution in [0.2, 0.25) is 0 Å². The second kappa shape index (κ2) is 3.91. The zero-order chi connectivity index (χ0) is 13.7. The summed E-state index contributed by atoms with van der Waals surface area (Å²) in [5.41, 5.74) is -0.392. The Balaban J connectivity index is 1.96. The third kappa shape index (κ3) is 1.97. The molecule has 1 aromatic rings. The maximum atomic E-state index is 14.0. The summed E-state index contributed by atoms with van der Waals surface area (Å²) in [6.45, 7) is 2.29. The molecular weight excluding hydrogens is 252 g/mol. The predicted molar refractivity (Wildman–Crippen MR) is 66.6 cm³/mol. The Labute approximate surface area is 109 Å². The molecule has 1 aromatic carbocycles. The van der Waals surface area contributed by atoms with Crippen molar-refractivity contribution >= 4 is 12.7 Å². The van der Waals surface area contributed by atoms with Gasteiger partial charge in [-0.15, -0.1) is 0 Å². The molecule has 0 spiro atoms. The number of aliphatic imine (C=N–C) groups is 1. The van der Waals surface area contributed by atoms with Crippen molar-refractivity contribution in [3.05, 3.63) is 35.4 Å². The van der Waals surface area contributed by atoms with E-state index in [1.54, 1.807) is 6.34 Å². The zero-order valence-electron chi connectivity index (χ0n) is 10.7. The van der Waals surface area contributed by atoms with Crippen LogP contribution >= 0.6 is 0 Å². The van der Waals surface area contributed by atoms with Gasteiger partial charge in [0, 0.05) is 11.6 Å². The fourth-order valence-electron chi connectivity index (χ4n) is 2.56. The van der Waals surface area contributed by atoms with Gasteiger partial charge in [0.25, 0.3) is 0 Å². The van der Waals surface area contributed by atoms with Gasteiger partial charge in [0.2, 0.25) is 6.34 Å². The number of epoxide rings is 1. The molecule has 0 saturated carbocycles. The Morgan fingerprint density at radius 1 is 1.42 bits per heavy atom. The van der Waals surface area contributed by atoms with E-state index in [-0.39, 0.29) is 10.7 Å². The van der Waals surface area contributed by atoms with Crippen molar-refractivity contribution < 1.29 is 18.1 Å². The summed E-state index contributed by atoms with van der Waals surface area (Å²) in [4.78, 5) is 3.95. The second-order valence-electron chi connectivity index (χ2n) is 5.14. The number of rotatable bonds is 3. The molecule has 0 N–H and O–H groups in total. The largest absolute Gasteiger partial charge is 0.355 e. The Bertz CT molecular complexity index is 575. The number of likely N-dealkylation sites (N-methyl/N-ethyl adjacent to an activating group) is 1. The van der Waals surface area contributed by atoms with Crippen LogP contribution in [0.25, 0.3) is 0 Å². The highest BCUT2D eigenvalue weighted by Crippen LogP contribution is 2.48. The number of halogens is 2. The molecule has 1 saturated heterocycles. The Hall–Kier alpha value is -1.66. The molecule has 19 heavy (non-hydrogen) atoms. The quantitative estimate of drug-likeness (QED) is 0.609. The van der Waals surface area contributed by atoms with Crippen molar-refractivity contribution in [1.29, 1.82) is 0 Å². The monoisotopic (exact) mass is 266 g/mol. The third-order valence-corrected chi connectivity index (χ3v) is 3.63. The molecule has 2 aliphatic heterocycles. The van der Waals surface area contributed by atoms with Gasteiger partial charge in [0.1, 0.15) is 18.2 Å². The average Bonchev–Trinajstić information content (AvgIpc) is 2.77. The molecule has 2 aliphatic rings. The van der Waals surface area contributed by atoms with Gasteiger partial charge in [-0.2, -0.15) is 9.58 Å². The summed E-state index contributed by atoms with van der Waals surface area (Å²) in [5, 5.41) is 4.21. The van der Waals surface area contributed by atoms with Gasteiger partial charge in [-0.25, -0.2) is 8.78 Å². The van der Waals surface area contributed by atoms with Gasteiger partial charge in [-0.3, -0.25) is 0 Å². The number of ether oxygens (including phenoxy) is 1. The Morgan fingerprint density at radius 2 is 2.16 bits per heavy atom. The van der Waals surface area contributed by atoms with Gasteiger partial charge in [-0.05, 0) is 19.1 Å². The van der Waals surface area contributed by atoms with Crippen LogP contribution in [0.15, 0.2) is 28.3 Å². The van der Waals surface area contributed by atoms with Crippen molar-refractivity contribution in [3.8, 4) is 0 Å². The first-order chi connectivity index (χ1) is 8.95. The molecule has 6 heteroatoms. The highest BCUT2D eigenvalue weighted by atomic mass is 19.1. The standard InChI is InChI=1S/C13H14F2N3O/c1-9-13(19-9,6-18(2)8-16-7-17-18)11-4-3-10(14)5-12(11)15/h3-5,7-9H,6H2,1-2H3/q+1. The molecule has 2 heterocycles. The fraction of sp³-hybridized carbons (Fsp3) is 0.385. The Morgan fingerprint density at radius 3 is 2.68 bits per heavy atom. The van der Waals surface area contributed by atoms with E-state index in [2.05, 4.69) is 10.1 Å². The molecule has 1 fully saturated rings. The van der Waals surface area contributed by atoms with E-state index in [0.717, 1.165) is 6.07 Å².